The van der Waals surface area contributed by atoms with Crippen LogP contribution in [0.15, 0.2) is 0 Å². The van der Waals surface area contributed by atoms with E-state index in [0.717, 1.165) is 18.7 Å². The molecule has 1 saturated carbocycles. The third-order valence-corrected chi connectivity index (χ3v) is 2.97. The Morgan fingerprint density at radius 2 is 1.71 bits per heavy atom. The van der Waals surface area contributed by atoms with Crippen LogP contribution in [0.25, 0.3) is 0 Å². The number of hydrogen-bond acceptors (Lipinski definition) is 4. The van der Waals surface area contributed by atoms with E-state index in [1.54, 1.807) is 0 Å². The van der Waals surface area contributed by atoms with Gasteiger partial charge in [-0.1, -0.05) is 25.7 Å². The van der Waals surface area contributed by atoms with Crippen LogP contribution in [0.2, 0.25) is 0 Å². The number of nitrogen functional groups attached to an aromatic ring is 2. The highest BCUT2D eigenvalue weighted by Gasteiger charge is 2.20. The van der Waals surface area contributed by atoms with Crippen LogP contribution in [0.3, 0.4) is 0 Å². The zero-order chi connectivity index (χ0) is 9.97. The van der Waals surface area contributed by atoms with Crippen molar-refractivity contribution in [3.05, 3.63) is 5.82 Å². The Morgan fingerprint density at radius 1 is 1.07 bits per heavy atom. The van der Waals surface area contributed by atoms with Crippen molar-refractivity contribution in [1.82, 2.24) is 14.9 Å². The Hall–Kier alpha value is -1.26. The number of nitrogens with zero attached hydrogens (tertiary/aromatic N) is 3. The first-order valence-electron chi connectivity index (χ1n) is 5.25. The van der Waals surface area contributed by atoms with E-state index in [4.69, 9.17) is 11.6 Å². The monoisotopic (exact) mass is 195 g/mol. The van der Waals surface area contributed by atoms with Crippen LogP contribution in [0.4, 0.5) is 5.95 Å². The van der Waals surface area contributed by atoms with Gasteiger partial charge in [-0.15, -0.1) is 10.2 Å². The van der Waals surface area contributed by atoms with E-state index in [2.05, 4.69) is 10.2 Å². The Bertz CT molecular complexity index is 298. The van der Waals surface area contributed by atoms with E-state index in [0.29, 0.717) is 11.9 Å². The molecule has 0 spiro atoms. The molecule has 5 heteroatoms. The van der Waals surface area contributed by atoms with Crippen molar-refractivity contribution in [2.45, 2.75) is 44.4 Å². The van der Waals surface area contributed by atoms with E-state index >= 15 is 0 Å². The van der Waals surface area contributed by atoms with Gasteiger partial charge in [-0.2, -0.15) is 0 Å². The first kappa shape index (κ1) is 9.30. The zero-order valence-corrected chi connectivity index (χ0v) is 8.32. The maximum atomic E-state index is 5.75. The summed E-state index contributed by atoms with van der Waals surface area (Å²) < 4.78 is 1.43. The third-order valence-electron chi connectivity index (χ3n) is 2.97. The highest BCUT2D eigenvalue weighted by atomic mass is 15.4. The molecule has 0 amide bonds. The molecular weight excluding hydrogens is 178 g/mol. The van der Waals surface area contributed by atoms with E-state index in [1.807, 2.05) is 0 Å². The van der Waals surface area contributed by atoms with Crippen LogP contribution in [0, 0.1) is 0 Å². The standard InChI is InChI=1S/C9H17N5/c10-9-13-12-8(14(9)11)7-5-3-1-2-4-6-7/h7H,1-6,11H2,(H2,10,13). The second-order valence-corrected chi connectivity index (χ2v) is 3.97. The van der Waals surface area contributed by atoms with Crippen LogP contribution in [0.5, 0.6) is 0 Å². The summed E-state index contributed by atoms with van der Waals surface area (Å²) in [6.45, 7) is 0. The van der Waals surface area contributed by atoms with E-state index in [-0.39, 0.29) is 0 Å². The molecule has 1 heterocycles. The van der Waals surface area contributed by atoms with Crippen molar-refractivity contribution in [3.8, 4) is 0 Å². The summed E-state index contributed by atoms with van der Waals surface area (Å²) in [5.74, 6) is 7.36. The summed E-state index contributed by atoms with van der Waals surface area (Å²) in [6, 6.07) is 0. The van der Waals surface area contributed by atoms with Crippen LogP contribution in [0.1, 0.15) is 50.3 Å². The topological polar surface area (TPSA) is 82.8 Å². The van der Waals surface area contributed by atoms with E-state index < -0.39 is 0 Å². The Balaban J connectivity index is 2.16. The summed E-state index contributed by atoms with van der Waals surface area (Å²) in [7, 11) is 0. The maximum absolute atomic E-state index is 5.75. The third kappa shape index (κ3) is 1.66. The minimum atomic E-state index is 0.309. The molecule has 0 bridgehead atoms. The van der Waals surface area contributed by atoms with Crippen molar-refractivity contribution in [2.75, 3.05) is 11.6 Å². The molecule has 78 valence electrons. The number of nitrogens with two attached hydrogens (primary N) is 2. The molecule has 0 aromatic carbocycles. The minimum absolute atomic E-state index is 0.309. The number of rotatable bonds is 1. The van der Waals surface area contributed by atoms with Crippen molar-refractivity contribution in [1.29, 1.82) is 0 Å². The second kappa shape index (κ2) is 3.86. The van der Waals surface area contributed by atoms with Crippen molar-refractivity contribution in [2.24, 2.45) is 0 Å². The molecule has 5 nitrogen and oxygen atoms in total. The summed E-state index contributed by atoms with van der Waals surface area (Å²) in [5.41, 5.74) is 5.55. The minimum Gasteiger partial charge on any atom is -0.366 e. The van der Waals surface area contributed by atoms with Gasteiger partial charge in [0.1, 0.15) is 0 Å². The quantitative estimate of drug-likeness (QED) is 0.517. The van der Waals surface area contributed by atoms with Gasteiger partial charge >= 0.3 is 0 Å². The lowest BCUT2D eigenvalue weighted by Gasteiger charge is -2.11. The molecule has 1 fully saturated rings. The summed E-state index contributed by atoms with van der Waals surface area (Å²) >= 11 is 0. The van der Waals surface area contributed by atoms with Gasteiger partial charge in [-0.05, 0) is 12.8 Å². The normalized spacial score (nSPS) is 19.4. The lowest BCUT2D eigenvalue weighted by Crippen LogP contribution is -2.18. The predicted octanol–water partition coefficient (Wildman–Crippen LogP) is 1.01. The van der Waals surface area contributed by atoms with Crippen LogP contribution >= 0.6 is 0 Å². The Labute approximate surface area is 83.5 Å². The molecule has 0 atom stereocenters. The van der Waals surface area contributed by atoms with Gasteiger partial charge in [0.2, 0.25) is 5.95 Å². The molecule has 0 radical (unpaired) electrons. The van der Waals surface area contributed by atoms with Gasteiger partial charge in [0.25, 0.3) is 0 Å². The fourth-order valence-corrected chi connectivity index (χ4v) is 2.13. The van der Waals surface area contributed by atoms with E-state index in [9.17, 15) is 0 Å². The lowest BCUT2D eigenvalue weighted by atomic mass is 10.00. The predicted molar refractivity (Wildman–Crippen MR) is 55.0 cm³/mol. The molecule has 1 aliphatic carbocycles. The lowest BCUT2D eigenvalue weighted by molar-refractivity contribution is 0.547. The van der Waals surface area contributed by atoms with Crippen LogP contribution in [-0.4, -0.2) is 14.9 Å². The van der Waals surface area contributed by atoms with Gasteiger partial charge in [0.15, 0.2) is 5.82 Å². The molecule has 1 aromatic heterocycles. The highest BCUT2D eigenvalue weighted by Crippen LogP contribution is 2.30. The summed E-state index contributed by atoms with van der Waals surface area (Å²) in [4.78, 5) is 0. The van der Waals surface area contributed by atoms with Gasteiger partial charge in [0.05, 0.1) is 0 Å². The largest absolute Gasteiger partial charge is 0.366 e. The van der Waals surface area contributed by atoms with Crippen LogP contribution < -0.4 is 11.6 Å². The first-order valence-corrected chi connectivity index (χ1v) is 5.25. The molecule has 0 unspecified atom stereocenters. The highest BCUT2D eigenvalue weighted by molar-refractivity contribution is 5.19. The van der Waals surface area contributed by atoms with Gasteiger partial charge < -0.3 is 11.6 Å². The number of hydrogen-bond donors (Lipinski definition) is 2. The maximum Gasteiger partial charge on any atom is 0.240 e. The van der Waals surface area contributed by atoms with Gasteiger partial charge in [0, 0.05) is 5.92 Å². The molecule has 1 aromatic rings. The SMILES string of the molecule is Nc1nnc(C2CCCCCC2)n1N. The Kier molecular flexibility index (Phi) is 2.56. The molecule has 0 aliphatic heterocycles. The Morgan fingerprint density at radius 3 is 2.21 bits per heavy atom. The average molecular weight is 195 g/mol. The number of anilines is 1. The molecule has 2 rings (SSSR count). The van der Waals surface area contributed by atoms with Crippen LogP contribution in [-0.2, 0) is 0 Å². The second-order valence-electron chi connectivity index (χ2n) is 3.97. The van der Waals surface area contributed by atoms with Gasteiger partial charge in [-0.25, -0.2) is 4.68 Å². The molecule has 14 heavy (non-hydrogen) atoms. The van der Waals surface area contributed by atoms with Crippen molar-refractivity contribution in [3.63, 3.8) is 0 Å². The van der Waals surface area contributed by atoms with E-state index in [1.165, 1.54) is 30.4 Å². The average Bonchev–Trinajstić information content (AvgIpc) is 2.47. The van der Waals surface area contributed by atoms with Crippen molar-refractivity contribution >= 4 is 5.95 Å². The molecule has 1 aliphatic rings. The fraction of sp³-hybridized carbons (Fsp3) is 0.778. The summed E-state index contributed by atoms with van der Waals surface area (Å²) in [5, 5.41) is 7.83. The fourth-order valence-electron chi connectivity index (χ4n) is 2.13. The molecule has 0 saturated heterocycles. The molecule has 4 N–H and O–H groups in total. The number of aromatic nitrogens is 3. The summed E-state index contributed by atoms with van der Waals surface area (Å²) in [6.07, 6.45) is 7.49. The molecular formula is C9H17N5. The zero-order valence-electron chi connectivity index (χ0n) is 8.32. The first-order chi connectivity index (χ1) is 6.79. The van der Waals surface area contributed by atoms with Gasteiger partial charge in [-0.3, -0.25) is 0 Å². The smallest absolute Gasteiger partial charge is 0.240 e. The van der Waals surface area contributed by atoms with Crippen molar-refractivity contribution < 1.29 is 0 Å².